The molecular formula is C26H34ClN3O5. The number of rotatable bonds is 6. The van der Waals surface area contributed by atoms with Crippen molar-refractivity contribution in [2.45, 2.75) is 64.8 Å². The number of aromatic amines is 1. The van der Waals surface area contributed by atoms with Gasteiger partial charge in [-0.3, -0.25) is 9.59 Å². The van der Waals surface area contributed by atoms with Gasteiger partial charge in [0.2, 0.25) is 0 Å². The maximum absolute atomic E-state index is 13.1. The topological polar surface area (TPSA) is 92.9 Å². The highest BCUT2D eigenvalue weighted by Gasteiger charge is 2.47. The second-order valence-electron chi connectivity index (χ2n) is 9.89. The molecule has 4 rings (SSSR count). The van der Waals surface area contributed by atoms with Crippen molar-refractivity contribution in [2.24, 2.45) is 5.92 Å². The first-order chi connectivity index (χ1) is 16.5. The van der Waals surface area contributed by atoms with Crippen LogP contribution >= 0.6 is 11.6 Å². The molecule has 2 aliphatic rings. The van der Waals surface area contributed by atoms with Gasteiger partial charge in [-0.15, -0.1) is 0 Å². The van der Waals surface area contributed by atoms with E-state index in [2.05, 4.69) is 29.3 Å². The monoisotopic (exact) mass is 503 g/mol. The van der Waals surface area contributed by atoms with Crippen LogP contribution in [0.5, 0.6) is 17.2 Å². The standard InChI is InChI=1S/C26H34ClN3O5/c1-14-11-21(33-6)19(25(32)29-14)13-28-24(31)18-12-20(27)23-22(15(18)2)34-26(3,35-23)16-7-9-17(10-8-16)30(4)5/h11-12,16-17H,7-10,13H2,1-6H3,(H,28,31)(H,29,32). The minimum atomic E-state index is -0.828. The third-order valence-corrected chi connectivity index (χ3v) is 7.62. The number of benzene rings is 1. The van der Waals surface area contributed by atoms with Crippen LogP contribution in [-0.4, -0.2) is 48.8 Å². The molecule has 1 aromatic heterocycles. The summed E-state index contributed by atoms with van der Waals surface area (Å²) in [4.78, 5) is 30.5. The summed E-state index contributed by atoms with van der Waals surface area (Å²) in [7, 11) is 5.73. The normalized spacial score (nSPS) is 23.4. The van der Waals surface area contributed by atoms with Crippen LogP contribution in [-0.2, 0) is 6.54 Å². The number of ether oxygens (including phenoxy) is 3. The number of fused-ring (bicyclic) bond motifs is 1. The maximum atomic E-state index is 13.1. The molecule has 1 atom stereocenters. The quantitative estimate of drug-likeness (QED) is 0.614. The smallest absolute Gasteiger partial charge is 0.256 e. The number of nitrogens with zero attached hydrogens (tertiary/aromatic N) is 1. The highest BCUT2D eigenvalue weighted by Crippen LogP contribution is 2.51. The largest absolute Gasteiger partial charge is 0.496 e. The van der Waals surface area contributed by atoms with Crippen LogP contribution in [0.3, 0.4) is 0 Å². The van der Waals surface area contributed by atoms with Gasteiger partial charge in [-0.05, 0) is 65.8 Å². The third kappa shape index (κ3) is 4.86. The number of carbonyl (C=O) groups is 1. The zero-order valence-electron chi connectivity index (χ0n) is 21.2. The van der Waals surface area contributed by atoms with Crippen molar-refractivity contribution in [1.82, 2.24) is 15.2 Å². The Labute approximate surface area is 210 Å². The van der Waals surface area contributed by atoms with Crippen molar-refractivity contribution in [3.8, 4) is 17.2 Å². The molecule has 1 unspecified atom stereocenters. The summed E-state index contributed by atoms with van der Waals surface area (Å²) in [5.74, 6) is 0.440. The lowest BCUT2D eigenvalue weighted by Gasteiger charge is -2.39. The summed E-state index contributed by atoms with van der Waals surface area (Å²) in [5, 5.41) is 3.14. The Hall–Kier alpha value is -2.71. The minimum absolute atomic E-state index is 0.00987. The molecule has 1 fully saturated rings. The Kier molecular flexibility index (Phi) is 7.06. The molecular weight excluding hydrogens is 470 g/mol. The van der Waals surface area contributed by atoms with E-state index in [4.69, 9.17) is 25.8 Å². The number of amides is 1. The summed E-state index contributed by atoms with van der Waals surface area (Å²) in [6, 6.07) is 3.89. The van der Waals surface area contributed by atoms with Crippen molar-refractivity contribution >= 4 is 17.5 Å². The van der Waals surface area contributed by atoms with Crippen LogP contribution < -0.4 is 25.1 Å². The van der Waals surface area contributed by atoms with E-state index in [9.17, 15) is 9.59 Å². The van der Waals surface area contributed by atoms with E-state index >= 15 is 0 Å². The van der Waals surface area contributed by atoms with Crippen molar-refractivity contribution < 1.29 is 19.0 Å². The molecule has 0 bridgehead atoms. The van der Waals surface area contributed by atoms with Crippen molar-refractivity contribution in [3.05, 3.63) is 49.9 Å². The van der Waals surface area contributed by atoms with Gasteiger partial charge in [-0.1, -0.05) is 11.6 Å². The van der Waals surface area contributed by atoms with Crippen LogP contribution in [0.15, 0.2) is 16.9 Å². The fourth-order valence-corrected chi connectivity index (χ4v) is 5.40. The number of pyridine rings is 1. The Morgan fingerprint density at radius 3 is 2.49 bits per heavy atom. The Balaban J connectivity index is 1.52. The van der Waals surface area contributed by atoms with E-state index in [1.54, 1.807) is 19.1 Å². The average molecular weight is 504 g/mol. The number of hydrogen-bond acceptors (Lipinski definition) is 6. The fourth-order valence-electron chi connectivity index (χ4n) is 5.16. The van der Waals surface area contributed by atoms with E-state index in [1.165, 1.54) is 7.11 Å². The molecule has 0 spiro atoms. The molecule has 0 saturated heterocycles. The van der Waals surface area contributed by atoms with Crippen LogP contribution in [0.1, 0.15) is 59.8 Å². The van der Waals surface area contributed by atoms with Crippen LogP contribution in [0.25, 0.3) is 0 Å². The summed E-state index contributed by atoms with van der Waals surface area (Å²) in [6.45, 7) is 5.56. The van der Waals surface area contributed by atoms with E-state index in [0.717, 1.165) is 25.7 Å². The van der Waals surface area contributed by atoms with E-state index in [-0.39, 0.29) is 23.9 Å². The predicted molar refractivity (Wildman–Crippen MR) is 135 cm³/mol. The fraction of sp³-hybridized carbons (Fsp3) is 0.538. The summed E-state index contributed by atoms with van der Waals surface area (Å²) in [5.41, 5.74) is 1.75. The Morgan fingerprint density at radius 2 is 1.86 bits per heavy atom. The molecule has 35 heavy (non-hydrogen) atoms. The highest BCUT2D eigenvalue weighted by molar-refractivity contribution is 6.33. The zero-order chi connectivity index (χ0) is 25.5. The number of H-pyrrole nitrogens is 1. The highest BCUT2D eigenvalue weighted by atomic mass is 35.5. The summed E-state index contributed by atoms with van der Waals surface area (Å²) < 4.78 is 18.0. The summed E-state index contributed by atoms with van der Waals surface area (Å²) >= 11 is 6.56. The molecule has 0 radical (unpaired) electrons. The van der Waals surface area contributed by atoms with Gasteiger partial charge in [0.25, 0.3) is 17.3 Å². The SMILES string of the molecule is COc1cc(C)[nH]c(=O)c1CNC(=O)c1cc(Cl)c2c(c1C)OC(C)(C1CCC(N(C)C)CC1)O2. The van der Waals surface area contributed by atoms with Crippen molar-refractivity contribution in [3.63, 3.8) is 0 Å². The van der Waals surface area contributed by atoms with Gasteiger partial charge in [-0.2, -0.15) is 0 Å². The number of aromatic nitrogens is 1. The van der Waals surface area contributed by atoms with Gasteiger partial charge in [0.15, 0.2) is 11.5 Å². The van der Waals surface area contributed by atoms with Gasteiger partial charge in [0, 0.05) is 35.7 Å². The molecule has 1 aliphatic carbocycles. The number of methoxy groups -OCH3 is 1. The second-order valence-corrected chi connectivity index (χ2v) is 10.3. The van der Waals surface area contributed by atoms with Crippen LogP contribution in [0.2, 0.25) is 5.02 Å². The molecule has 190 valence electrons. The van der Waals surface area contributed by atoms with Gasteiger partial charge < -0.3 is 29.4 Å². The Bertz CT molecular complexity index is 1190. The molecule has 2 aromatic rings. The third-order valence-electron chi connectivity index (χ3n) is 7.34. The number of carbonyl (C=O) groups excluding carboxylic acids is 1. The van der Waals surface area contributed by atoms with Gasteiger partial charge in [0.1, 0.15) is 5.75 Å². The lowest BCUT2D eigenvalue weighted by atomic mass is 9.81. The minimum Gasteiger partial charge on any atom is -0.496 e. The average Bonchev–Trinajstić information content (AvgIpc) is 3.20. The number of aryl methyl sites for hydroxylation is 1. The van der Waals surface area contributed by atoms with Crippen molar-refractivity contribution in [2.75, 3.05) is 21.2 Å². The first-order valence-corrected chi connectivity index (χ1v) is 12.3. The first kappa shape index (κ1) is 25.4. The molecule has 1 aromatic carbocycles. The molecule has 8 nitrogen and oxygen atoms in total. The van der Waals surface area contributed by atoms with Gasteiger partial charge in [-0.25, -0.2) is 0 Å². The molecule has 2 heterocycles. The van der Waals surface area contributed by atoms with Crippen molar-refractivity contribution in [1.29, 1.82) is 0 Å². The first-order valence-electron chi connectivity index (χ1n) is 12.0. The Morgan fingerprint density at radius 1 is 1.20 bits per heavy atom. The zero-order valence-corrected chi connectivity index (χ0v) is 22.0. The number of hydrogen-bond donors (Lipinski definition) is 2. The molecule has 9 heteroatoms. The van der Waals surface area contributed by atoms with Gasteiger partial charge >= 0.3 is 0 Å². The van der Waals surface area contributed by atoms with Crippen LogP contribution in [0, 0.1) is 19.8 Å². The lowest BCUT2D eigenvalue weighted by Crippen LogP contribution is -2.46. The second kappa shape index (κ2) is 9.74. The molecule has 1 amide bonds. The molecule has 1 saturated carbocycles. The van der Waals surface area contributed by atoms with E-state index in [0.29, 0.717) is 50.7 Å². The van der Waals surface area contributed by atoms with E-state index < -0.39 is 5.79 Å². The number of nitrogens with one attached hydrogen (secondary N) is 2. The van der Waals surface area contributed by atoms with Gasteiger partial charge in [0.05, 0.1) is 24.2 Å². The predicted octanol–water partition coefficient (Wildman–Crippen LogP) is 4.19. The summed E-state index contributed by atoms with van der Waals surface area (Å²) in [6.07, 6.45) is 4.14. The van der Waals surface area contributed by atoms with E-state index in [1.807, 2.05) is 13.8 Å². The lowest BCUT2D eigenvalue weighted by molar-refractivity contribution is -0.123. The molecule has 1 aliphatic heterocycles. The number of halogens is 1. The van der Waals surface area contributed by atoms with Crippen LogP contribution in [0.4, 0.5) is 0 Å². The molecule has 2 N–H and O–H groups in total. The maximum Gasteiger partial charge on any atom is 0.256 e.